The third-order valence-electron chi connectivity index (χ3n) is 4.99. The molecule has 152 valence electrons. The molecule has 6 heteroatoms. The summed E-state index contributed by atoms with van der Waals surface area (Å²) in [6.45, 7) is 2.06. The van der Waals surface area contributed by atoms with Crippen LogP contribution in [-0.2, 0) is 0 Å². The molecule has 0 aliphatic rings. The van der Waals surface area contributed by atoms with Crippen LogP contribution in [0.2, 0.25) is 10.0 Å². The zero-order valence-corrected chi connectivity index (χ0v) is 18.3. The van der Waals surface area contributed by atoms with E-state index in [1.165, 1.54) is 0 Å². The van der Waals surface area contributed by atoms with Gasteiger partial charge in [-0.2, -0.15) is 5.10 Å². The number of halogens is 2. The van der Waals surface area contributed by atoms with Crippen molar-refractivity contribution >= 4 is 23.2 Å². The van der Waals surface area contributed by atoms with E-state index in [9.17, 15) is 0 Å². The minimum Gasteiger partial charge on any atom is -0.497 e. The monoisotopic (exact) mass is 438 g/mol. The van der Waals surface area contributed by atoms with E-state index in [1.807, 2.05) is 65.3 Å². The topological polar surface area (TPSA) is 36.3 Å². The fourth-order valence-electron chi connectivity index (χ4n) is 3.43. The summed E-state index contributed by atoms with van der Waals surface area (Å²) < 4.78 is 12.5. The molecule has 0 aliphatic carbocycles. The molecule has 0 bridgehead atoms. The highest BCUT2D eigenvalue weighted by Gasteiger charge is 2.20. The average molecular weight is 439 g/mol. The quantitative estimate of drug-likeness (QED) is 0.342. The summed E-state index contributed by atoms with van der Waals surface area (Å²) in [7, 11) is 3.30. The number of hydrogen-bond donors (Lipinski definition) is 0. The third kappa shape index (κ3) is 3.76. The maximum absolute atomic E-state index is 6.54. The summed E-state index contributed by atoms with van der Waals surface area (Å²) in [6.07, 6.45) is 0. The van der Waals surface area contributed by atoms with Gasteiger partial charge in [-0.05, 0) is 73.7 Å². The minimum atomic E-state index is 0.529. The van der Waals surface area contributed by atoms with E-state index in [1.54, 1.807) is 20.3 Å². The lowest BCUT2D eigenvalue weighted by Crippen LogP contribution is -2.00. The molecular formula is C24H20Cl2N2O2. The summed E-state index contributed by atoms with van der Waals surface area (Å²) in [5.41, 5.74) is 5.62. The van der Waals surface area contributed by atoms with E-state index in [0.29, 0.717) is 10.0 Å². The smallest absolute Gasteiger partial charge is 0.118 e. The van der Waals surface area contributed by atoms with Crippen LogP contribution in [0.5, 0.6) is 11.5 Å². The molecule has 0 spiro atoms. The van der Waals surface area contributed by atoms with Crippen LogP contribution in [-0.4, -0.2) is 24.0 Å². The van der Waals surface area contributed by atoms with Crippen LogP contribution >= 0.6 is 23.2 Å². The summed E-state index contributed by atoms with van der Waals surface area (Å²) in [5, 5.41) is 6.04. The summed E-state index contributed by atoms with van der Waals surface area (Å²) >= 11 is 12.7. The summed E-state index contributed by atoms with van der Waals surface area (Å²) in [5.74, 6) is 1.59. The fourth-order valence-corrected chi connectivity index (χ4v) is 3.92. The Balaban J connectivity index is 1.94. The van der Waals surface area contributed by atoms with E-state index in [0.717, 1.165) is 45.3 Å². The van der Waals surface area contributed by atoms with Crippen molar-refractivity contribution in [2.75, 3.05) is 14.2 Å². The first-order valence-electron chi connectivity index (χ1n) is 9.35. The van der Waals surface area contributed by atoms with Crippen molar-refractivity contribution in [1.82, 2.24) is 9.78 Å². The first-order chi connectivity index (χ1) is 14.5. The largest absolute Gasteiger partial charge is 0.497 e. The van der Waals surface area contributed by atoms with Crippen molar-refractivity contribution in [1.29, 1.82) is 0 Å². The molecule has 0 saturated heterocycles. The molecule has 0 N–H and O–H groups in total. The minimum absolute atomic E-state index is 0.529. The predicted molar refractivity (Wildman–Crippen MR) is 122 cm³/mol. The molecule has 0 fully saturated rings. The zero-order chi connectivity index (χ0) is 21.3. The van der Waals surface area contributed by atoms with Crippen LogP contribution < -0.4 is 9.47 Å². The Morgan fingerprint density at radius 1 is 0.767 bits per heavy atom. The molecule has 30 heavy (non-hydrogen) atoms. The second-order valence-electron chi connectivity index (χ2n) is 6.79. The fraction of sp³-hybridized carbons (Fsp3) is 0.125. The molecule has 3 aromatic carbocycles. The van der Waals surface area contributed by atoms with Crippen molar-refractivity contribution in [3.8, 4) is 39.7 Å². The summed E-state index contributed by atoms with van der Waals surface area (Å²) in [4.78, 5) is 0. The number of hydrogen-bond acceptors (Lipinski definition) is 3. The Kier molecular flexibility index (Phi) is 5.71. The van der Waals surface area contributed by atoms with Gasteiger partial charge in [-0.15, -0.1) is 0 Å². The Hall–Kier alpha value is -2.95. The second kappa shape index (κ2) is 8.42. The van der Waals surface area contributed by atoms with Crippen molar-refractivity contribution in [2.24, 2.45) is 0 Å². The number of methoxy groups -OCH3 is 2. The van der Waals surface area contributed by atoms with Crippen molar-refractivity contribution in [2.45, 2.75) is 6.92 Å². The maximum Gasteiger partial charge on any atom is 0.118 e. The van der Waals surface area contributed by atoms with E-state index >= 15 is 0 Å². The van der Waals surface area contributed by atoms with Gasteiger partial charge < -0.3 is 9.47 Å². The van der Waals surface area contributed by atoms with Gasteiger partial charge in [0, 0.05) is 21.7 Å². The van der Waals surface area contributed by atoms with Gasteiger partial charge in [0.1, 0.15) is 11.5 Å². The molecule has 1 heterocycles. The van der Waals surface area contributed by atoms with Crippen molar-refractivity contribution < 1.29 is 9.47 Å². The molecule has 4 aromatic rings. The van der Waals surface area contributed by atoms with E-state index in [4.69, 9.17) is 37.8 Å². The lowest BCUT2D eigenvalue weighted by atomic mass is 10.0. The highest BCUT2D eigenvalue weighted by Crippen LogP contribution is 2.36. The van der Waals surface area contributed by atoms with Crippen LogP contribution in [0.1, 0.15) is 5.56 Å². The highest BCUT2D eigenvalue weighted by molar-refractivity contribution is 6.35. The number of ether oxygens (including phenoxy) is 2. The zero-order valence-electron chi connectivity index (χ0n) is 16.8. The molecular weight excluding hydrogens is 419 g/mol. The first-order valence-corrected chi connectivity index (χ1v) is 10.1. The lowest BCUT2D eigenvalue weighted by Gasteiger charge is -2.11. The van der Waals surface area contributed by atoms with Crippen LogP contribution in [0.25, 0.3) is 28.2 Å². The molecule has 0 unspecified atom stereocenters. The Labute approximate surface area is 185 Å². The van der Waals surface area contributed by atoms with Crippen molar-refractivity contribution in [3.05, 3.63) is 82.3 Å². The Bertz CT molecular complexity index is 1180. The van der Waals surface area contributed by atoms with Crippen molar-refractivity contribution in [3.63, 3.8) is 0 Å². The number of rotatable bonds is 5. The van der Waals surface area contributed by atoms with Gasteiger partial charge in [0.05, 0.1) is 36.3 Å². The molecule has 1 aromatic heterocycles. The van der Waals surface area contributed by atoms with Gasteiger partial charge in [-0.25, -0.2) is 4.68 Å². The van der Waals surface area contributed by atoms with Gasteiger partial charge in [-0.1, -0.05) is 23.2 Å². The first kappa shape index (κ1) is 20.3. The van der Waals surface area contributed by atoms with Gasteiger partial charge in [0.25, 0.3) is 0 Å². The van der Waals surface area contributed by atoms with Crippen LogP contribution in [0.3, 0.4) is 0 Å². The molecule has 0 amide bonds. The van der Waals surface area contributed by atoms with Crippen LogP contribution in [0, 0.1) is 6.92 Å². The third-order valence-corrected chi connectivity index (χ3v) is 5.52. The molecule has 0 aliphatic heterocycles. The maximum atomic E-state index is 6.54. The van der Waals surface area contributed by atoms with E-state index < -0.39 is 0 Å². The molecule has 0 radical (unpaired) electrons. The summed E-state index contributed by atoms with van der Waals surface area (Å²) in [6, 6.07) is 21.2. The van der Waals surface area contributed by atoms with Gasteiger partial charge >= 0.3 is 0 Å². The number of nitrogens with zero attached hydrogens (tertiary/aromatic N) is 2. The van der Waals surface area contributed by atoms with Gasteiger partial charge in [-0.3, -0.25) is 0 Å². The Morgan fingerprint density at radius 3 is 1.87 bits per heavy atom. The number of benzene rings is 3. The Morgan fingerprint density at radius 2 is 1.33 bits per heavy atom. The van der Waals surface area contributed by atoms with Gasteiger partial charge in [0.15, 0.2) is 0 Å². The SMILES string of the molecule is COc1ccc(-c2nn(-c3ccc(Cl)cc3Cl)c(-c3ccc(OC)cc3)c2C)cc1. The molecule has 0 saturated carbocycles. The average Bonchev–Trinajstić information content (AvgIpc) is 3.10. The molecule has 0 atom stereocenters. The van der Waals surface area contributed by atoms with Crippen LogP contribution in [0.15, 0.2) is 66.7 Å². The molecule has 4 rings (SSSR count). The predicted octanol–water partition coefficient (Wildman–Crippen LogP) is 6.84. The normalized spacial score (nSPS) is 10.8. The lowest BCUT2D eigenvalue weighted by molar-refractivity contribution is 0.414. The van der Waals surface area contributed by atoms with Gasteiger partial charge in [0.2, 0.25) is 0 Å². The van der Waals surface area contributed by atoms with E-state index in [-0.39, 0.29) is 0 Å². The van der Waals surface area contributed by atoms with E-state index in [2.05, 4.69) is 6.92 Å². The number of aromatic nitrogens is 2. The highest BCUT2D eigenvalue weighted by atomic mass is 35.5. The standard InChI is InChI=1S/C24H20Cl2N2O2/c1-15-23(16-4-9-19(29-2)10-5-16)27-28(22-13-8-18(25)14-21(22)26)24(15)17-6-11-20(30-3)12-7-17/h4-14H,1-3H3. The second-order valence-corrected chi connectivity index (χ2v) is 7.63. The molecule has 4 nitrogen and oxygen atoms in total. The van der Waals surface area contributed by atoms with Crippen LogP contribution in [0.4, 0.5) is 0 Å².